The van der Waals surface area contributed by atoms with Gasteiger partial charge in [0.05, 0.1) is 62.9 Å². The van der Waals surface area contributed by atoms with Gasteiger partial charge in [0, 0.05) is 25.7 Å². The maximum absolute atomic E-state index is 12.5. The SMILES string of the molecule is COC(=O)C[C@@H]1O[C@@]2(C[C@H](C)[C@@H]1O)C[C@H](C)[C@@H]1O[C@H]([C@H](C[C@H](CO[Si](c3ccccc3)(c3ccccc3)C(C)(C)C)O[Si](C(C)C)(C(C)C)C(C)C)O[Si](C(C)C)(C(C)C)C(C)C)C[C@@H]1O2. The van der Waals surface area contributed by atoms with E-state index in [1.54, 1.807) is 0 Å². The Morgan fingerprint density at radius 3 is 1.65 bits per heavy atom. The van der Waals surface area contributed by atoms with Gasteiger partial charge in [0.25, 0.3) is 8.32 Å². The van der Waals surface area contributed by atoms with E-state index in [2.05, 4.69) is 171 Å². The summed E-state index contributed by atoms with van der Waals surface area (Å²) in [4.78, 5) is 12.5. The summed E-state index contributed by atoms with van der Waals surface area (Å²) in [6.45, 7) is 40.1. The summed E-state index contributed by atoms with van der Waals surface area (Å²) in [5.41, 5.74) is 2.20. The summed E-state index contributed by atoms with van der Waals surface area (Å²) >= 11 is 0. The first-order valence-corrected chi connectivity index (χ1v) is 31.9. The number of hydrogen-bond donors (Lipinski definition) is 1. The van der Waals surface area contributed by atoms with Crippen molar-refractivity contribution in [1.29, 1.82) is 0 Å². The Bertz CT molecular complexity index is 1730. The van der Waals surface area contributed by atoms with E-state index in [0.717, 1.165) is 0 Å². The smallest absolute Gasteiger partial charge is 0.308 e. The van der Waals surface area contributed by atoms with E-state index in [4.69, 9.17) is 32.2 Å². The first-order chi connectivity index (χ1) is 30.8. The van der Waals surface area contributed by atoms with Crippen molar-refractivity contribution in [2.45, 2.75) is 237 Å². The van der Waals surface area contributed by atoms with Gasteiger partial charge in [-0.3, -0.25) is 4.79 Å². The number of fused-ring (bicyclic) bond motifs is 1. The molecule has 1 N–H and O–H groups in total. The van der Waals surface area contributed by atoms with Crippen molar-refractivity contribution in [3.8, 4) is 0 Å². The monoisotopic (exact) mass is 969 g/mol. The van der Waals surface area contributed by atoms with E-state index in [1.807, 2.05) is 6.92 Å². The van der Waals surface area contributed by atoms with E-state index in [0.29, 0.717) is 65.5 Å². The van der Waals surface area contributed by atoms with Crippen molar-refractivity contribution < 1.29 is 42.1 Å². The third-order valence-corrected chi connectivity index (χ3v) is 33.5. The Morgan fingerprint density at radius 2 is 1.20 bits per heavy atom. The predicted molar refractivity (Wildman–Crippen MR) is 276 cm³/mol. The number of rotatable bonds is 20. The molecule has 2 aromatic carbocycles. The highest BCUT2D eigenvalue weighted by Crippen LogP contribution is 2.51. The van der Waals surface area contributed by atoms with Gasteiger partial charge in [-0.1, -0.05) is 178 Å². The lowest BCUT2D eigenvalue weighted by atomic mass is 9.80. The normalized spacial score (nSPS) is 27.7. The van der Waals surface area contributed by atoms with Crippen LogP contribution in [0.5, 0.6) is 0 Å². The Balaban J connectivity index is 1.63. The van der Waals surface area contributed by atoms with Crippen LogP contribution >= 0.6 is 0 Å². The number of ether oxygens (including phenoxy) is 4. The Morgan fingerprint density at radius 1 is 0.727 bits per heavy atom. The molecule has 0 amide bonds. The van der Waals surface area contributed by atoms with Crippen LogP contribution in [0.15, 0.2) is 60.7 Å². The van der Waals surface area contributed by atoms with Gasteiger partial charge in [0.15, 0.2) is 5.79 Å². The van der Waals surface area contributed by atoms with Gasteiger partial charge in [-0.05, 0) is 60.5 Å². The first-order valence-electron chi connectivity index (χ1n) is 25.7. The zero-order valence-electron chi connectivity index (χ0n) is 44.4. The van der Waals surface area contributed by atoms with Crippen LogP contribution in [0.4, 0.5) is 0 Å². The summed E-state index contributed by atoms with van der Waals surface area (Å²) in [6.07, 6.45) is -0.337. The molecule has 5 rings (SSSR count). The second-order valence-corrected chi connectivity index (χ2v) is 38.6. The van der Waals surface area contributed by atoms with Gasteiger partial charge in [-0.15, -0.1) is 0 Å². The molecule has 1 spiro atoms. The van der Waals surface area contributed by atoms with E-state index < -0.39 is 48.9 Å². The Labute approximate surface area is 404 Å². The average molecular weight is 970 g/mol. The van der Waals surface area contributed by atoms with Gasteiger partial charge in [-0.2, -0.15) is 0 Å². The molecule has 2 aromatic rings. The predicted octanol–water partition coefficient (Wildman–Crippen LogP) is 11.7. The summed E-state index contributed by atoms with van der Waals surface area (Å²) in [6, 6.07) is 21.9. The second-order valence-electron chi connectivity index (χ2n) is 23.5. The summed E-state index contributed by atoms with van der Waals surface area (Å²) in [5.74, 6) is -1.36. The fourth-order valence-corrected chi connectivity index (χ4v) is 29.3. The van der Waals surface area contributed by atoms with E-state index in [9.17, 15) is 9.90 Å². The number of esters is 1. The van der Waals surface area contributed by atoms with Gasteiger partial charge in [-0.25, -0.2) is 0 Å². The second kappa shape index (κ2) is 22.1. The quantitative estimate of drug-likeness (QED) is 0.103. The Hall–Kier alpha value is -1.72. The maximum atomic E-state index is 12.5. The number of carbonyl (C=O) groups is 1. The minimum absolute atomic E-state index is 0.0255. The number of hydrogen-bond acceptors (Lipinski definition) is 9. The van der Waals surface area contributed by atoms with E-state index >= 15 is 0 Å². The lowest BCUT2D eigenvalue weighted by molar-refractivity contribution is -0.352. The Kier molecular flexibility index (Phi) is 18.5. The van der Waals surface area contributed by atoms with Crippen LogP contribution in [0, 0.1) is 11.8 Å². The molecule has 3 aliphatic rings. The van der Waals surface area contributed by atoms with Crippen LogP contribution < -0.4 is 10.4 Å². The van der Waals surface area contributed by atoms with Crippen molar-refractivity contribution in [1.82, 2.24) is 0 Å². The van der Waals surface area contributed by atoms with Gasteiger partial charge < -0.3 is 37.3 Å². The molecule has 3 heterocycles. The standard InChI is InChI=1S/C54H92O9Si3/c1-35(2)64(36(3)4,37(5)6)62-43(34-58-66(53(15,16)17,44-25-21-19-22-26-44)45-27-23-20-24-28-45)29-47(63-65(38(7)8,39(9)10)40(11)12)46-30-49-52(59-46)42(14)33-54(61-49)32-41(13)51(56)48(60-54)31-50(55)57-18/h19-28,35-43,46-49,51-52,56H,29-34H2,1-18H3/t41-,42-,43+,46-,47-,48-,49-,51-,52-,54+/m0/s1. The topological polar surface area (TPSA) is 102 Å². The van der Waals surface area contributed by atoms with Crippen molar-refractivity contribution in [3.05, 3.63) is 60.7 Å². The molecule has 0 aliphatic carbocycles. The van der Waals surface area contributed by atoms with Crippen LogP contribution in [0.1, 0.15) is 150 Å². The zero-order valence-corrected chi connectivity index (χ0v) is 47.4. The third kappa shape index (κ3) is 11.1. The van der Waals surface area contributed by atoms with Crippen LogP contribution in [0.25, 0.3) is 0 Å². The molecular weight excluding hydrogens is 877 g/mol. The van der Waals surface area contributed by atoms with Gasteiger partial charge in [0.2, 0.25) is 16.6 Å². The molecule has 0 bridgehead atoms. The van der Waals surface area contributed by atoms with Crippen LogP contribution in [-0.2, 0) is 37.0 Å². The highest BCUT2D eigenvalue weighted by Gasteiger charge is 2.59. The van der Waals surface area contributed by atoms with Crippen LogP contribution in [-0.4, -0.2) is 98.3 Å². The summed E-state index contributed by atoms with van der Waals surface area (Å²) in [5, 5.41) is 13.5. The highest BCUT2D eigenvalue weighted by atomic mass is 28.4. The third-order valence-electron chi connectivity index (χ3n) is 16.2. The highest BCUT2D eigenvalue weighted by molar-refractivity contribution is 6.99. The van der Waals surface area contributed by atoms with Crippen molar-refractivity contribution in [2.24, 2.45) is 11.8 Å². The molecule has 3 aliphatic heterocycles. The summed E-state index contributed by atoms with van der Waals surface area (Å²) in [7, 11) is -6.53. The van der Waals surface area contributed by atoms with Gasteiger partial charge in [0.1, 0.15) is 0 Å². The maximum Gasteiger partial charge on any atom is 0.308 e. The molecule has 66 heavy (non-hydrogen) atoms. The molecule has 0 radical (unpaired) electrons. The van der Waals surface area contributed by atoms with Crippen LogP contribution in [0.2, 0.25) is 38.3 Å². The molecule has 0 unspecified atom stereocenters. The lowest BCUT2D eigenvalue weighted by Gasteiger charge is -2.51. The molecule has 374 valence electrons. The molecule has 12 heteroatoms. The minimum Gasteiger partial charge on any atom is -0.469 e. The summed E-state index contributed by atoms with van der Waals surface area (Å²) < 4.78 is 50.1. The molecule has 3 fully saturated rings. The molecule has 10 atom stereocenters. The number of carbonyl (C=O) groups excluding carboxylic acids is 1. The number of aliphatic hydroxyl groups excluding tert-OH is 1. The zero-order chi connectivity index (χ0) is 49.2. The molecule has 3 saturated heterocycles. The molecule has 0 saturated carbocycles. The van der Waals surface area contributed by atoms with Crippen molar-refractivity contribution >= 4 is 41.3 Å². The first kappa shape index (κ1) is 55.2. The van der Waals surface area contributed by atoms with Gasteiger partial charge >= 0.3 is 5.97 Å². The number of methoxy groups -OCH3 is 1. The largest absolute Gasteiger partial charge is 0.469 e. The fraction of sp³-hybridized carbons (Fsp3) is 0.759. The minimum atomic E-state index is -2.95. The number of benzene rings is 2. The van der Waals surface area contributed by atoms with Crippen LogP contribution in [0.3, 0.4) is 0 Å². The molecule has 0 aromatic heterocycles. The van der Waals surface area contributed by atoms with E-state index in [1.165, 1.54) is 17.5 Å². The van der Waals surface area contributed by atoms with Crippen molar-refractivity contribution in [3.63, 3.8) is 0 Å². The average Bonchev–Trinajstić information content (AvgIpc) is 3.66. The fourth-order valence-electron chi connectivity index (χ4n) is 13.5. The van der Waals surface area contributed by atoms with E-state index in [-0.39, 0.29) is 53.8 Å². The lowest BCUT2D eigenvalue weighted by Crippen LogP contribution is -2.67. The number of aliphatic hydroxyl groups is 1. The van der Waals surface area contributed by atoms with Crippen molar-refractivity contribution in [2.75, 3.05) is 13.7 Å². The molecular formula is C54H92O9Si3. The molecule has 9 nitrogen and oxygen atoms in total.